The molecule has 0 radical (unpaired) electrons. The van der Waals surface area contributed by atoms with Crippen LogP contribution in [0, 0.1) is 10.1 Å². The summed E-state index contributed by atoms with van der Waals surface area (Å²) in [7, 11) is 0. The molecule has 7 heteroatoms. The lowest BCUT2D eigenvalue weighted by Crippen LogP contribution is -2.21. The van der Waals surface area contributed by atoms with Crippen LogP contribution in [0.3, 0.4) is 0 Å². The van der Waals surface area contributed by atoms with E-state index in [2.05, 4.69) is 5.32 Å². The van der Waals surface area contributed by atoms with Crippen molar-refractivity contribution in [2.24, 2.45) is 0 Å². The summed E-state index contributed by atoms with van der Waals surface area (Å²) in [6.45, 7) is 0. The van der Waals surface area contributed by atoms with Gasteiger partial charge in [0.25, 0.3) is 11.6 Å². The third kappa shape index (κ3) is 3.00. The molecule has 0 atom stereocenters. The summed E-state index contributed by atoms with van der Waals surface area (Å²) in [4.78, 5) is 22.0. The molecule has 1 aliphatic rings. The van der Waals surface area contributed by atoms with Crippen molar-refractivity contribution in [2.45, 2.75) is 0 Å². The summed E-state index contributed by atoms with van der Waals surface area (Å²) in [5.41, 5.74) is -0.569. The number of thioether (sulfide) groups is 1. The van der Waals surface area contributed by atoms with Gasteiger partial charge in [-0.1, -0.05) is 30.0 Å². The molecule has 0 fully saturated rings. The number of carbonyl (C=O) groups excluding carboxylic acids is 1. The van der Waals surface area contributed by atoms with Gasteiger partial charge < -0.3 is 5.32 Å². The smallest absolute Gasteiger partial charge is 0.282 e. The molecule has 5 nitrogen and oxygen atoms in total. The number of benzene rings is 1. The molecule has 0 bridgehead atoms. The van der Waals surface area contributed by atoms with E-state index in [0.29, 0.717) is 5.69 Å². The summed E-state index contributed by atoms with van der Waals surface area (Å²) < 4.78 is 13.6. The van der Waals surface area contributed by atoms with Gasteiger partial charge in [0.15, 0.2) is 10.7 Å². The van der Waals surface area contributed by atoms with Crippen LogP contribution in [-0.2, 0) is 4.79 Å². The van der Waals surface area contributed by atoms with Crippen LogP contribution in [-0.4, -0.2) is 16.6 Å². The number of nitrogens with one attached hydrogen (secondary N) is 1. The fraction of sp³-hybridized carbons (Fsp3) is 0.0833. The monoisotopic (exact) mass is 280 g/mol. The van der Waals surface area contributed by atoms with Gasteiger partial charge >= 0.3 is 0 Å². The van der Waals surface area contributed by atoms with Crippen LogP contribution in [0.1, 0.15) is 0 Å². The minimum absolute atomic E-state index is 0.143. The minimum atomic E-state index is -0.831. The van der Waals surface area contributed by atoms with E-state index < -0.39 is 27.3 Å². The molecule has 0 unspecified atom stereocenters. The number of halogens is 1. The lowest BCUT2D eigenvalue weighted by Gasteiger charge is -2.11. The van der Waals surface area contributed by atoms with Gasteiger partial charge in [0.05, 0.1) is 4.92 Å². The van der Waals surface area contributed by atoms with E-state index in [1.807, 2.05) is 0 Å². The van der Waals surface area contributed by atoms with Crippen LogP contribution >= 0.6 is 11.8 Å². The molecular weight excluding hydrogens is 271 g/mol. The molecule has 0 aromatic heterocycles. The Bertz CT molecular complexity index is 584. The zero-order valence-corrected chi connectivity index (χ0v) is 10.4. The van der Waals surface area contributed by atoms with Gasteiger partial charge in [-0.2, -0.15) is 4.39 Å². The lowest BCUT2D eigenvalue weighted by molar-refractivity contribution is -0.420. The van der Waals surface area contributed by atoms with E-state index in [0.717, 1.165) is 11.8 Å². The predicted octanol–water partition coefficient (Wildman–Crippen LogP) is 2.71. The van der Waals surface area contributed by atoms with Crippen LogP contribution in [0.5, 0.6) is 0 Å². The van der Waals surface area contributed by atoms with Crippen LogP contribution in [0.15, 0.2) is 52.8 Å². The van der Waals surface area contributed by atoms with E-state index in [1.54, 1.807) is 30.3 Å². The summed E-state index contributed by atoms with van der Waals surface area (Å²) in [5.74, 6) is -0.677. The summed E-state index contributed by atoms with van der Waals surface area (Å²) in [6.07, 6.45) is 1.23. The van der Waals surface area contributed by atoms with E-state index in [9.17, 15) is 19.3 Å². The Kier molecular flexibility index (Phi) is 3.96. The number of amides is 1. The Morgan fingerprint density at radius 2 is 2.05 bits per heavy atom. The highest BCUT2D eigenvalue weighted by molar-refractivity contribution is 8.03. The number of rotatable bonds is 3. The van der Waals surface area contributed by atoms with Crippen molar-refractivity contribution in [3.8, 4) is 0 Å². The van der Waals surface area contributed by atoms with E-state index in [1.165, 1.54) is 6.08 Å². The second-order valence-corrected chi connectivity index (χ2v) is 4.61. The van der Waals surface area contributed by atoms with Gasteiger partial charge in [0.1, 0.15) is 0 Å². The van der Waals surface area contributed by atoms with Crippen LogP contribution < -0.4 is 5.32 Å². The summed E-state index contributed by atoms with van der Waals surface area (Å²) in [6, 6.07) is 8.37. The molecule has 2 rings (SSSR count). The molecule has 1 aromatic rings. The Hall–Kier alpha value is -2.15. The van der Waals surface area contributed by atoms with Gasteiger partial charge in [-0.3, -0.25) is 14.9 Å². The maximum atomic E-state index is 13.6. The standard InChI is InChI=1S/C12H9FN2O3S/c13-11-10(9(15(17)18)6-7-19-11)12(16)14-8-4-2-1-3-5-8/h1-6H,7H2,(H,14,16). The predicted molar refractivity (Wildman–Crippen MR) is 70.7 cm³/mol. The number of nitro groups is 1. The molecule has 0 saturated carbocycles. The summed E-state index contributed by atoms with van der Waals surface area (Å²) in [5, 5.41) is 12.4. The number of anilines is 1. The van der Waals surface area contributed by atoms with Gasteiger partial charge in [0, 0.05) is 17.5 Å². The van der Waals surface area contributed by atoms with Crippen molar-refractivity contribution in [3.63, 3.8) is 0 Å². The first-order valence-corrected chi connectivity index (χ1v) is 6.32. The number of hydrogen-bond acceptors (Lipinski definition) is 4. The third-order valence-electron chi connectivity index (χ3n) is 2.39. The molecule has 1 aliphatic heterocycles. The SMILES string of the molecule is O=C(Nc1ccccc1)C1=C(F)SCC=C1[N+](=O)[O-]. The van der Waals surface area contributed by atoms with Crippen LogP contribution in [0.2, 0.25) is 0 Å². The summed E-state index contributed by atoms with van der Waals surface area (Å²) >= 11 is 0.758. The molecule has 1 N–H and O–H groups in total. The Balaban J connectivity index is 2.26. The van der Waals surface area contributed by atoms with Crippen molar-refractivity contribution in [1.82, 2.24) is 0 Å². The molecule has 98 valence electrons. The number of para-hydroxylation sites is 1. The third-order valence-corrected chi connectivity index (χ3v) is 3.19. The van der Waals surface area contributed by atoms with E-state index in [4.69, 9.17) is 0 Å². The van der Waals surface area contributed by atoms with Crippen molar-refractivity contribution in [1.29, 1.82) is 0 Å². The number of hydrogen-bond donors (Lipinski definition) is 1. The molecule has 1 aromatic carbocycles. The van der Waals surface area contributed by atoms with Crippen molar-refractivity contribution in [2.75, 3.05) is 11.1 Å². The van der Waals surface area contributed by atoms with E-state index in [-0.39, 0.29) is 5.75 Å². The first kappa shape index (κ1) is 13.3. The van der Waals surface area contributed by atoms with Crippen molar-refractivity contribution >= 4 is 23.4 Å². The maximum absolute atomic E-state index is 13.6. The fourth-order valence-electron chi connectivity index (χ4n) is 1.56. The number of nitrogens with zero attached hydrogens (tertiary/aromatic N) is 1. The Labute approximate surface area is 112 Å². The molecule has 0 saturated heterocycles. The highest BCUT2D eigenvalue weighted by Crippen LogP contribution is 2.32. The zero-order valence-electron chi connectivity index (χ0n) is 9.63. The van der Waals surface area contributed by atoms with Crippen molar-refractivity contribution < 1.29 is 14.1 Å². The van der Waals surface area contributed by atoms with Gasteiger partial charge in [-0.05, 0) is 12.1 Å². The molecule has 0 aliphatic carbocycles. The average Bonchev–Trinajstić information content (AvgIpc) is 2.39. The first-order valence-electron chi connectivity index (χ1n) is 5.33. The quantitative estimate of drug-likeness (QED) is 0.682. The first-order chi connectivity index (χ1) is 9.09. The van der Waals surface area contributed by atoms with Gasteiger partial charge in [-0.15, -0.1) is 0 Å². The second kappa shape index (κ2) is 5.66. The average molecular weight is 280 g/mol. The van der Waals surface area contributed by atoms with Gasteiger partial charge in [0.2, 0.25) is 0 Å². The normalized spacial score (nSPS) is 14.9. The maximum Gasteiger partial charge on any atom is 0.282 e. The fourth-order valence-corrected chi connectivity index (χ4v) is 2.28. The van der Waals surface area contributed by atoms with Crippen LogP contribution in [0.25, 0.3) is 0 Å². The van der Waals surface area contributed by atoms with Crippen LogP contribution in [0.4, 0.5) is 10.1 Å². The lowest BCUT2D eigenvalue weighted by atomic mass is 10.2. The highest BCUT2D eigenvalue weighted by Gasteiger charge is 2.31. The second-order valence-electron chi connectivity index (χ2n) is 3.63. The zero-order chi connectivity index (χ0) is 13.8. The van der Waals surface area contributed by atoms with E-state index >= 15 is 0 Å². The molecule has 19 heavy (non-hydrogen) atoms. The highest BCUT2D eigenvalue weighted by atomic mass is 32.2. The van der Waals surface area contributed by atoms with Gasteiger partial charge in [-0.25, -0.2) is 0 Å². The van der Waals surface area contributed by atoms with Crippen molar-refractivity contribution in [3.05, 3.63) is 63.0 Å². The largest absolute Gasteiger partial charge is 0.322 e. The number of carbonyl (C=O) groups is 1. The Morgan fingerprint density at radius 3 is 2.68 bits per heavy atom. The molecule has 0 spiro atoms. The minimum Gasteiger partial charge on any atom is -0.322 e. The Morgan fingerprint density at radius 1 is 1.37 bits per heavy atom. The molecule has 1 amide bonds. The molecule has 1 heterocycles. The molecular formula is C12H9FN2O3S. The topological polar surface area (TPSA) is 72.2 Å².